The van der Waals surface area contributed by atoms with Gasteiger partial charge in [0.25, 0.3) is 0 Å². The van der Waals surface area contributed by atoms with Crippen molar-refractivity contribution in [1.29, 1.82) is 0 Å². The van der Waals surface area contributed by atoms with Gasteiger partial charge in [0.1, 0.15) is 6.54 Å². The molecule has 0 atom stereocenters. The number of aromatic carboxylic acids is 1. The topological polar surface area (TPSA) is 62.5 Å². The Labute approximate surface area is 116 Å². The average molecular weight is 272 g/mol. The number of carbonyl (C=O) groups excluding carboxylic acids is 1. The van der Waals surface area contributed by atoms with Crippen LogP contribution in [0.15, 0.2) is 30.5 Å². The number of hydrogen-bond donors (Lipinski definition) is 1. The highest BCUT2D eigenvalue weighted by atomic mass is 16.4. The van der Waals surface area contributed by atoms with E-state index in [4.69, 9.17) is 0 Å². The quantitative estimate of drug-likeness (QED) is 0.925. The number of rotatable bonds is 4. The minimum absolute atomic E-state index is 0.0187. The van der Waals surface area contributed by atoms with Crippen LogP contribution in [0.4, 0.5) is 0 Å². The zero-order valence-corrected chi connectivity index (χ0v) is 11.2. The van der Waals surface area contributed by atoms with Gasteiger partial charge in [-0.05, 0) is 25.0 Å². The van der Waals surface area contributed by atoms with Gasteiger partial charge in [-0.2, -0.15) is 0 Å². The molecule has 20 heavy (non-hydrogen) atoms. The molecule has 1 aliphatic carbocycles. The monoisotopic (exact) mass is 272 g/mol. The summed E-state index contributed by atoms with van der Waals surface area (Å²) in [5.41, 5.74) is 0.840. The van der Waals surface area contributed by atoms with Crippen LogP contribution in [-0.2, 0) is 11.3 Å². The lowest BCUT2D eigenvalue weighted by Gasteiger charge is -2.17. The third-order valence-electron chi connectivity index (χ3n) is 3.81. The fourth-order valence-electron chi connectivity index (χ4n) is 2.49. The van der Waals surface area contributed by atoms with Gasteiger partial charge in [-0.1, -0.05) is 12.1 Å². The summed E-state index contributed by atoms with van der Waals surface area (Å²) in [6, 6.07) is 7.34. The Morgan fingerprint density at radius 1 is 1.35 bits per heavy atom. The maximum atomic E-state index is 12.2. The van der Waals surface area contributed by atoms with E-state index in [0.29, 0.717) is 11.6 Å². The summed E-state index contributed by atoms with van der Waals surface area (Å²) in [4.78, 5) is 25.2. The molecule has 1 aromatic heterocycles. The van der Waals surface area contributed by atoms with Gasteiger partial charge in [0.15, 0.2) is 0 Å². The molecule has 5 nitrogen and oxygen atoms in total. The van der Waals surface area contributed by atoms with Gasteiger partial charge in [0, 0.05) is 24.7 Å². The number of nitrogens with zero attached hydrogens (tertiary/aromatic N) is 2. The average Bonchev–Trinajstić information content (AvgIpc) is 3.20. The molecule has 1 amide bonds. The Bertz CT molecular complexity index is 685. The molecule has 0 unspecified atom stereocenters. The molecule has 0 aliphatic heterocycles. The minimum Gasteiger partial charge on any atom is -0.478 e. The van der Waals surface area contributed by atoms with E-state index in [9.17, 15) is 14.7 Å². The second-order valence-corrected chi connectivity index (χ2v) is 5.23. The first-order valence-electron chi connectivity index (χ1n) is 6.64. The highest BCUT2D eigenvalue weighted by Crippen LogP contribution is 2.26. The summed E-state index contributed by atoms with van der Waals surface area (Å²) >= 11 is 0. The van der Waals surface area contributed by atoms with Gasteiger partial charge in [-0.25, -0.2) is 4.79 Å². The van der Waals surface area contributed by atoms with E-state index < -0.39 is 5.97 Å². The maximum absolute atomic E-state index is 12.2. The first-order chi connectivity index (χ1) is 9.58. The van der Waals surface area contributed by atoms with Crippen LogP contribution in [-0.4, -0.2) is 39.5 Å². The normalized spacial score (nSPS) is 14.4. The number of benzene rings is 1. The SMILES string of the molecule is CN(C(=O)Cn1ccc2cccc(C(=O)O)c21)C1CC1. The van der Waals surface area contributed by atoms with Crippen molar-refractivity contribution in [1.82, 2.24) is 9.47 Å². The number of hydrogen-bond acceptors (Lipinski definition) is 2. The van der Waals surface area contributed by atoms with Crippen LogP contribution in [0.25, 0.3) is 10.9 Å². The number of amides is 1. The lowest BCUT2D eigenvalue weighted by atomic mass is 10.1. The maximum Gasteiger partial charge on any atom is 0.337 e. The molecular formula is C15H16N2O3. The first-order valence-corrected chi connectivity index (χ1v) is 6.64. The molecule has 0 radical (unpaired) electrons. The highest BCUT2D eigenvalue weighted by molar-refractivity contribution is 6.02. The van der Waals surface area contributed by atoms with Crippen LogP contribution in [0.2, 0.25) is 0 Å². The smallest absolute Gasteiger partial charge is 0.337 e. The Hall–Kier alpha value is -2.30. The number of likely N-dealkylation sites (N-methyl/N-ethyl adjacent to an activating group) is 1. The molecule has 5 heteroatoms. The zero-order valence-electron chi connectivity index (χ0n) is 11.2. The summed E-state index contributed by atoms with van der Waals surface area (Å²) in [6.07, 6.45) is 3.90. The van der Waals surface area contributed by atoms with Gasteiger partial charge in [0.05, 0.1) is 11.1 Å². The van der Waals surface area contributed by atoms with Crippen molar-refractivity contribution < 1.29 is 14.7 Å². The second kappa shape index (κ2) is 4.67. The number of carboxylic acid groups (broad SMARTS) is 1. The van der Waals surface area contributed by atoms with E-state index in [2.05, 4.69) is 0 Å². The van der Waals surface area contributed by atoms with Crippen molar-refractivity contribution in [2.24, 2.45) is 0 Å². The number of carboxylic acids is 1. The number of carbonyl (C=O) groups is 2. The number of para-hydroxylation sites is 1. The molecule has 2 aromatic rings. The third-order valence-corrected chi connectivity index (χ3v) is 3.81. The predicted molar refractivity (Wildman–Crippen MR) is 74.7 cm³/mol. The molecule has 0 saturated heterocycles. The summed E-state index contributed by atoms with van der Waals surface area (Å²) in [7, 11) is 1.81. The van der Waals surface area contributed by atoms with Crippen LogP contribution in [0.1, 0.15) is 23.2 Å². The molecule has 1 aromatic carbocycles. The van der Waals surface area contributed by atoms with E-state index in [1.54, 1.807) is 27.8 Å². The Kier molecular flexibility index (Phi) is 2.97. The van der Waals surface area contributed by atoms with Gasteiger partial charge >= 0.3 is 5.97 Å². The molecule has 104 valence electrons. The van der Waals surface area contributed by atoms with E-state index in [0.717, 1.165) is 18.2 Å². The van der Waals surface area contributed by atoms with Gasteiger partial charge < -0.3 is 14.6 Å². The largest absolute Gasteiger partial charge is 0.478 e. The standard InChI is InChI=1S/C15H16N2O3/c1-16(11-5-6-11)13(18)9-17-8-7-10-3-2-4-12(14(10)17)15(19)20/h2-4,7-8,11H,5-6,9H2,1H3,(H,19,20). The van der Waals surface area contributed by atoms with Crippen LogP contribution in [0, 0.1) is 0 Å². The number of fused-ring (bicyclic) bond motifs is 1. The van der Waals surface area contributed by atoms with E-state index in [1.807, 2.05) is 19.2 Å². The molecule has 1 saturated carbocycles. The molecule has 0 bridgehead atoms. The Morgan fingerprint density at radius 3 is 2.75 bits per heavy atom. The summed E-state index contributed by atoms with van der Waals surface area (Å²) in [5, 5.41) is 10.1. The van der Waals surface area contributed by atoms with E-state index in [1.165, 1.54) is 0 Å². The lowest BCUT2D eigenvalue weighted by molar-refractivity contribution is -0.130. The van der Waals surface area contributed by atoms with Gasteiger partial charge in [-0.3, -0.25) is 4.79 Å². The molecule has 1 heterocycles. The minimum atomic E-state index is -0.974. The Morgan fingerprint density at radius 2 is 2.10 bits per heavy atom. The van der Waals surface area contributed by atoms with Crippen molar-refractivity contribution in [3.05, 3.63) is 36.0 Å². The van der Waals surface area contributed by atoms with Crippen LogP contribution >= 0.6 is 0 Å². The molecule has 3 rings (SSSR count). The third kappa shape index (κ3) is 2.15. The summed E-state index contributed by atoms with van der Waals surface area (Å²) in [5.74, 6) is -0.955. The first kappa shape index (κ1) is 12.7. The van der Waals surface area contributed by atoms with Crippen LogP contribution in [0.5, 0.6) is 0 Å². The second-order valence-electron chi connectivity index (χ2n) is 5.23. The van der Waals surface area contributed by atoms with E-state index >= 15 is 0 Å². The summed E-state index contributed by atoms with van der Waals surface area (Å²) < 4.78 is 1.72. The predicted octanol–water partition coefficient (Wildman–Crippen LogP) is 1.96. The van der Waals surface area contributed by atoms with Crippen molar-refractivity contribution >= 4 is 22.8 Å². The number of aromatic nitrogens is 1. The van der Waals surface area contributed by atoms with Crippen molar-refractivity contribution in [2.75, 3.05) is 7.05 Å². The zero-order chi connectivity index (χ0) is 14.3. The molecular weight excluding hydrogens is 256 g/mol. The van der Waals surface area contributed by atoms with Crippen LogP contribution in [0.3, 0.4) is 0 Å². The highest BCUT2D eigenvalue weighted by Gasteiger charge is 2.29. The molecule has 1 aliphatic rings. The van der Waals surface area contributed by atoms with Crippen molar-refractivity contribution in [3.63, 3.8) is 0 Å². The van der Waals surface area contributed by atoms with Gasteiger partial charge in [-0.15, -0.1) is 0 Å². The molecule has 1 fully saturated rings. The van der Waals surface area contributed by atoms with Gasteiger partial charge in [0.2, 0.25) is 5.91 Å². The lowest BCUT2D eigenvalue weighted by Crippen LogP contribution is -2.31. The van der Waals surface area contributed by atoms with E-state index in [-0.39, 0.29) is 18.0 Å². The van der Waals surface area contributed by atoms with Crippen molar-refractivity contribution in [3.8, 4) is 0 Å². The van der Waals surface area contributed by atoms with Crippen LogP contribution < -0.4 is 0 Å². The summed E-state index contributed by atoms with van der Waals surface area (Å²) in [6.45, 7) is 0.181. The fourth-order valence-corrected chi connectivity index (χ4v) is 2.49. The Balaban J connectivity index is 1.95. The fraction of sp³-hybridized carbons (Fsp3) is 0.333. The molecule has 0 spiro atoms. The molecule has 1 N–H and O–H groups in total. The van der Waals surface area contributed by atoms with Crippen molar-refractivity contribution in [2.45, 2.75) is 25.4 Å².